The second-order valence-electron chi connectivity index (χ2n) is 7.76. The summed E-state index contributed by atoms with van der Waals surface area (Å²) in [6, 6.07) is 19.8. The maximum atomic E-state index is 12.6. The average Bonchev–Trinajstić information content (AvgIpc) is 3.25. The van der Waals surface area contributed by atoms with Crippen molar-refractivity contribution in [2.24, 2.45) is 5.92 Å². The number of halogens is 2. The SMILES string of the molecule is COc1cc(NNC(=O)[C@H]2CC(=O)N(c3ccccc3)C2)ccc1OCc1ccc(Cl)c(Cl)c1. The van der Waals surface area contributed by atoms with E-state index in [9.17, 15) is 9.59 Å². The van der Waals surface area contributed by atoms with Crippen LogP contribution in [0.3, 0.4) is 0 Å². The first-order chi connectivity index (χ1) is 16.4. The molecule has 0 aliphatic carbocycles. The molecular formula is C25H23Cl2N3O4. The summed E-state index contributed by atoms with van der Waals surface area (Å²) >= 11 is 12.0. The molecule has 3 aromatic carbocycles. The van der Waals surface area contributed by atoms with Crippen LogP contribution in [0, 0.1) is 5.92 Å². The number of nitrogens with one attached hydrogen (secondary N) is 2. The molecule has 1 heterocycles. The predicted octanol–water partition coefficient (Wildman–Crippen LogP) is 5.08. The van der Waals surface area contributed by atoms with Crippen molar-refractivity contribution >= 4 is 46.4 Å². The minimum absolute atomic E-state index is 0.0727. The lowest BCUT2D eigenvalue weighted by molar-refractivity contribution is -0.125. The zero-order valence-corrected chi connectivity index (χ0v) is 19.9. The van der Waals surface area contributed by atoms with Crippen LogP contribution in [0.2, 0.25) is 10.0 Å². The molecule has 0 aromatic heterocycles. The van der Waals surface area contributed by atoms with Gasteiger partial charge in [0.2, 0.25) is 11.8 Å². The summed E-state index contributed by atoms with van der Waals surface area (Å²) in [5, 5.41) is 0.941. The highest BCUT2D eigenvalue weighted by Crippen LogP contribution is 2.31. The van der Waals surface area contributed by atoms with Gasteiger partial charge in [-0.2, -0.15) is 0 Å². The van der Waals surface area contributed by atoms with Gasteiger partial charge in [0.15, 0.2) is 11.5 Å². The number of hydrazine groups is 1. The van der Waals surface area contributed by atoms with E-state index in [2.05, 4.69) is 10.9 Å². The van der Waals surface area contributed by atoms with Crippen molar-refractivity contribution in [3.63, 3.8) is 0 Å². The Morgan fingerprint density at radius 2 is 1.82 bits per heavy atom. The molecule has 34 heavy (non-hydrogen) atoms. The van der Waals surface area contributed by atoms with Gasteiger partial charge in [-0.1, -0.05) is 47.5 Å². The number of carbonyl (C=O) groups excluding carboxylic acids is 2. The molecule has 4 rings (SSSR count). The zero-order chi connectivity index (χ0) is 24.1. The number of amides is 2. The van der Waals surface area contributed by atoms with E-state index in [1.54, 1.807) is 35.2 Å². The number of ether oxygens (including phenoxy) is 2. The van der Waals surface area contributed by atoms with Crippen LogP contribution in [0.4, 0.5) is 11.4 Å². The van der Waals surface area contributed by atoms with E-state index < -0.39 is 5.92 Å². The van der Waals surface area contributed by atoms with E-state index in [0.29, 0.717) is 33.8 Å². The second-order valence-corrected chi connectivity index (χ2v) is 8.57. The Kier molecular flexibility index (Phi) is 7.45. The first-order valence-electron chi connectivity index (χ1n) is 10.6. The van der Waals surface area contributed by atoms with E-state index in [4.69, 9.17) is 32.7 Å². The smallest absolute Gasteiger partial charge is 0.243 e. The van der Waals surface area contributed by atoms with Crippen molar-refractivity contribution in [3.05, 3.63) is 82.3 Å². The van der Waals surface area contributed by atoms with Crippen molar-refractivity contribution in [2.75, 3.05) is 24.0 Å². The lowest BCUT2D eigenvalue weighted by atomic mass is 10.1. The Morgan fingerprint density at radius 1 is 1.03 bits per heavy atom. The van der Waals surface area contributed by atoms with Crippen LogP contribution >= 0.6 is 23.2 Å². The summed E-state index contributed by atoms with van der Waals surface area (Å²) in [6.07, 6.45) is 0.160. The fourth-order valence-electron chi connectivity index (χ4n) is 3.63. The highest BCUT2D eigenvalue weighted by atomic mass is 35.5. The van der Waals surface area contributed by atoms with Gasteiger partial charge in [0.1, 0.15) is 6.61 Å². The van der Waals surface area contributed by atoms with Gasteiger partial charge in [-0.05, 0) is 42.0 Å². The lowest BCUT2D eigenvalue weighted by Crippen LogP contribution is -2.36. The standard InChI is InChI=1S/C25H23Cl2N3O4/c1-33-23-13-18(8-10-22(23)34-15-16-7-9-20(26)21(27)11-16)28-29-25(32)17-12-24(31)30(14-17)19-5-3-2-4-6-19/h2-11,13,17,28H,12,14-15H2,1H3,(H,29,32)/t17-/m0/s1. The normalized spacial score (nSPS) is 15.2. The fraction of sp³-hybridized carbons (Fsp3) is 0.200. The molecular weight excluding hydrogens is 477 g/mol. The molecule has 1 atom stereocenters. The van der Waals surface area contributed by atoms with E-state index in [0.717, 1.165) is 11.3 Å². The summed E-state index contributed by atoms with van der Waals surface area (Å²) < 4.78 is 11.3. The first-order valence-corrected chi connectivity index (χ1v) is 11.4. The predicted molar refractivity (Wildman–Crippen MR) is 132 cm³/mol. The van der Waals surface area contributed by atoms with Crippen LogP contribution in [-0.4, -0.2) is 25.5 Å². The van der Waals surface area contributed by atoms with E-state index in [1.165, 1.54) is 7.11 Å². The Hall–Kier alpha value is -3.42. The van der Waals surface area contributed by atoms with Crippen LogP contribution in [-0.2, 0) is 16.2 Å². The molecule has 1 saturated heterocycles. The molecule has 2 N–H and O–H groups in total. The molecule has 176 valence electrons. The van der Waals surface area contributed by atoms with Crippen molar-refractivity contribution in [2.45, 2.75) is 13.0 Å². The number of benzene rings is 3. The molecule has 1 aliphatic heterocycles. The van der Waals surface area contributed by atoms with E-state index in [-0.39, 0.29) is 24.8 Å². The zero-order valence-electron chi connectivity index (χ0n) is 18.4. The van der Waals surface area contributed by atoms with Gasteiger partial charge in [-0.25, -0.2) is 0 Å². The third-order valence-electron chi connectivity index (χ3n) is 5.44. The van der Waals surface area contributed by atoms with Crippen molar-refractivity contribution in [3.8, 4) is 11.5 Å². The third kappa shape index (κ3) is 5.55. The highest BCUT2D eigenvalue weighted by Gasteiger charge is 2.35. The molecule has 7 nitrogen and oxygen atoms in total. The number of nitrogens with zero attached hydrogens (tertiary/aromatic N) is 1. The molecule has 0 radical (unpaired) electrons. The lowest BCUT2D eigenvalue weighted by Gasteiger charge is -2.17. The van der Waals surface area contributed by atoms with Crippen LogP contribution in [0.25, 0.3) is 0 Å². The van der Waals surface area contributed by atoms with Crippen LogP contribution < -0.4 is 25.2 Å². The number of para-hydroxylation sites is 1. The largest absolute Gasteiger partial charge is 0.493 e. The number of carbonyl (C=O) groups is 2. The maximum absolute atomic E-state index is 12.6. The van der Waals surface area contributed by atoms with Gasteiger partial charge < -0.3 is 14.4 Å². The second kappa shape index (κ2) is 10.7. The van der Waals surface area contributed by atoms with Gasteiger partial charge >= 0.3 is 0 Å². The minimum atomic E-state index is -0.448. The number of rotatable bonds is 8. The summed E-state index contributed by atoms with van der Waals surface area (Å²) in [7, 11) is 1.53. The van der Waals surface area contributed by atoms with Crippen molar-refractivity contribution in [1.29, 1.82) is 0 Å². The van der Waals surface area contributed by atoms with Gasteiger partial charge in [0.05, 0.1) is 28.8 Å². The van der Waals surface area contributed by atoms with Crippen molar-refractivity contribution < 1.29 is 19.1 Å². The molecule has 0 saturated carbocycles. The third-order valence-corrected chi connectivity index (χ3v) is 6.17. The molecule has 1 aliphatic rings. The van der Waals surface area contributed by atoms with E-state index >= 15 is 0 Å². The van der Waals surface area contributed by atoms with Gasteiger partial charge in [-0.15, -0.1) is 0 Å². The molecule has 3 aromatic rings. The van der Waals surface area contributed by atoms with Crippen LogP contribution in [0.5, 0.6) is 11.5 Å². The average molecular weight is 500 g/mol. The fourth-order valence-corrected chi connectivity index (χ4v) is 3.95. The van der Waals surface area contributed by atoms with Gasteiger partial charge in [0.25, 0.3) is 0 Å². The van der Waals surface area contributed by atoms with Crippen LogP contribution in [0.15, 0.2) is 66.7 Å². The number of hydrogen-bond donors (Lipinski definition) is 2. The van der Waals surface area contributed by atoms with Crippen LogP contribution in [0.1, 0.15) is 12.0 Å². The van der Waals surface area contributed by atoms with E-state index in [1.807, 2.05) is 36.4 Å². The first kappa shape index (κ1) is 23.7. The molecule has 0 bridgehead atoms. The molecule has 9 heteroatoms. The van der Waals surface area contributed by atoms with Crippen molar-refractivity contribution in [1.82, 2.24) is 5.43 Å². The Morgan fingerprint density at radius 3 is 2.56 bits per heavy atom. The highest BCUT2D eigenvalue weighted by molar-refractivity contribution is 6.42. The molecule has 0 spiro atoms. The Balaban J connectivity index is 1.33. The van der Waals surface area contributed by atoms with Gasteiger partial charge in [-0.3, -0.25) is 20.4 Å². The maximum Gasteiger partial charge on any atom is 0.243 e. The molecule has 1 fully saturated rings. The Labute approximate surface area is 207 Å². The summed E-state index contributed by atoms with van der Waals surface area (Å²) in [4.78, 5) is 26.6. The number of hydrogen-bond acceptors (Lipinski definition) is 5. The minimum Gasteiger partial charge on any atom is -0.493 e. The molecule has 0 unspecified atom stereocenters. The Bertz CT molecular complexity index is 1190. The topological polar surface area (TPSA) is 79.9 Å². The molecule has 2 amide bonds. The number of anilines is 2. The number of methoxy groups -OCH3 is 1. The quantitative estimate of drug-likeness (QED) is 0.422. The monoisotopic (exact) mass is 499 g/mol. The summed E-state index contributed by atoms with van der Waals surface area (Å²) in [6.45, 7) is 0.617. The summed E-state index contributed by atoms with van der Waals surface area (Å²) in [5.74, 6) is 0.244. The van der Waals surface area contributed by atoms with Gasteiger partial charge in [0, 0.05) is 24.7 Å². The summed E-state index contributed by atoms with van der Waals surface area (Å²) in [5.41, 5.74) is 7.82.